The van der Waals surface area contributed by atoms with Gasteiger partial charge in [-0.2, -0.15) is 0 Å². The largest absolute Gasteiger partial charge is 0.461 e. The summed E-state index contributed by atoms with van der Waals surface area (Å²) in [6, 6.07) is -0.527. The maximum Gasteiger partial charge on any atom is 0.331 e. The third-order valence-corrected chi connectivity index (χ3v) is 3.05. The molecule has 0 rings (SSSR count). The molecule has 0 heterocycles. The Bertz CT molecular complexity index is 465. The van der Waals surface area contributed by atoms with Gasteiger partial charge in [-0.15, -0.1) is 0 Å². The van der Waals surface area contributed by atoms with Crippen molar-refractivity contribution in [3.05, 3.63) is 12.2 Å². The first kappa shape index (κ1) is 23.2. The van der Waals surface area contributed by atoms with Crippen LogP contribution in [0.4, 0.5) is 9.59 Å². The second-order valence-electron chi connectivity index (χ2n) is 5.18. The van der Waals surface area contributed by atoms with Crippen LogP contribution in [0, 0.1) is 0 Å². The molecule has 0 aliphatic rings. The number of carbonyl (C=O) groups excluding carboxylic acids is 4. The average molecular weight is 372 g/mol. The Labute approximate surface area is 153 Å². The summed E-state index contributed by atoms with van der Waals surface area (Å²) in [5.74, 6) is -1.43. The first-order valence-electron chi connectivity index (χ1n) is 8.31. The van der Waals surface area contributed by atoms with Crippen LogP contribution in [0.2, 0.25) is 0 Å². The lowest BCUT2D eigenvalue weighted by Crippen LogP contribution is -2.39. The van der Waals surface area contributed by atoms with Crippen molar-refractivity contribution in [2.45, 2.75) is 13.8 Å². The number of rotatable bonds is 10. The second-order valence-corrected chi connectivity index (χ2v) is 5.18. The van der Waals surface area contributed by atoms with E-state index in [9.17, 15) is 19.2 Å². The molecule has 0 atom stereocenters. The molecule has 0 aliphatic heterocycles. The summed E-state index contributed by atoms with van der Waals surface area (Å²) in [5, 5.41) is 5.22. The van der Waals surface area contributed by atoms with Crippen molar-refractivity contribution in [1.29, 1.82) is 0 Å². The quantitative estimate of drug-likeness (QED) is 0.410. The van der Waals surface area contributed by atoms with Crippen molar-refractivity contribution < 1.29 is 28.7 Å². The van der Waals surface area contributed by atoms with E-state index in [2.05, 4.69) is 10.6 Å². The summed E-state index contributed by atoms with van der Waals surface area (Å²) in [7, 11) is 3.15. The lowest BCUT2D eigenvalue weighted by atomic mass is 10.5. The highest BCUT2D eigenvalue weighted by atomic mass is 16.5. The van der Waals surface area contributed by atoms with E-state index < -0.39 is 11.9 Å². The molecule has 0 saturated heterocycles. The van der Waals surface area contributed by atoms with Crippen LogP contribution in [-0.4, -0.2) is 87.3 Å². The van der Waals surface area contributed by atoms with Gasteiger partial charge < -0.3 is 29.9 Å². The Morgan fingerprint density at radius 1 is 0.769 bits per heavy atom. The van der Waals surface area contributed by atoms with E-state index in [1.54, 1.807) is 27.9 Å². The van der Waals surface area contributed by atoms with Gasteiger partial charge in [-0.05, 0) is 13.8 Å². The molecular formula is C16H28N4O6. The summed E-state index contributed by atoms with van der Waals surface area (Å²) in [4.78, 5) is 48.6. The summed E-state index contributed by atoms with van der Waals surface area (Å²) < 4.78 is 9.75. The minimum Gasteiger partial charge on any atom is -0.461 e. The summed E-state index contributed by atoms with van der Waals surface area (Å²) in [6.07, 6.45) is 1.89. The lowest BCUT2D eigenvalue weighted by Gasteiger charge is -2.17. The molecule has 0 aromatic carbocycles. The Hall–Kier alpha value is -2.78. The van der Waals surface area contributed by atoms with Crippen molar-refractivity contribution in [3.63, 3.8) is 0 Å². The molecule has 26 heavy (non-hydrogen) atoms. The van der Waals surface area contributed by atoms with Gasteiger partial charge in [-0.3, -0.25) is 0 Å². The molecule has 0 radical (unpaired) electrons. The standard InChI is InChI=1S/C16H28N4O6/c1-5-17-15(23)19(3)9-11-25-13(21)7-8-14(22)26-12-10-20(4)16(24)18-6-2/h7-8H,5-6,9-12H2,1-4H3,(H,17,23)(H,18,24)/b8-7+. The van der Waals surface area contributed by atoms with Gasteiger partial charge in [0.25, 0.3) is 0 Å². The Kier molecular flexibility index (Phi) is 12.1. The third kappa shape index (κ3) is 10.9. The second kappa shape index (κ2) is 13.5. The number of amides is 4. The molecule has 10 heteroatoms. The number of nitrogens with one attached hydrogen (secondary N) is 2. The zero-order chi connectivity index (χ0) is 19.9. The topological polar surface area (TPSA) is 117 Å². The lowest BCUT2D eigenvalue weighted by molar-refractivity contribution is -0.140. The van der Waals surface area contributed by atoms with E-state index in [0.29, 0.717) is 13.1 Å². The van der Waals surface area contributed by atoms with E-state index in [4.69, 9.17) is 9.47 Å². The molecule has 10 nitrogen and oxygen atoms in total. The van der Waals surface area contributed by atoms with Crippen LogP contribution < -0.4 is 10.6 Å². The molecule has 148 valence electrons. The van der Waals surface area contributed by atoms with Crippen LogP contribution in [0.15, 0.2) is 12.2 Å². The van der Waals surface area contributed by atoms with Crippen LogP contribution in [0.5, 0.6) is 0 Å². The predicted octanol–water partition coefficient (Wildman–Crippen LogP) is -0.0484. The van der Waals surface area contributed by atoms with E-state index in [-0.39, 0.29) is 38.4 Å². The highest BCUT2D eigenvalue weighted by molar-refractivity contribution is 5.91. The van der Waals surface area contributed by atoms with Crippen LogP contribution in [0.25, 0.3) is 0 Å². The van der Waals surface area contributed by atoms with Gasteiger partial charge in [0.2, 0.25) is 0 Å². The summed E-state index contributed by atoms with van der Waals surface area (Å²) in [6.45, 7) is 5.07. The first-order valence-corrected chi connectivity index (χ1v) is 8.31. The molecule has 0 aliphatic carbocycles. The molecule has 0 aromatic rings. The Morgan fingerprint density at radius 2 is 1.12 bits per heavy atom. The molecule has 0 aromatic heterocycles. The first-order chi connectivity index (χ1) is 12.3. The molecule has 0 bridgehead atoms. The Balaban J connectivity index is 3.97. The number of ether oxygens (including phenoxy) is 2. The molecule has 0 spiro atoms. The highest BCUT2D eigenvalue weighted by Crippen LogP contribution is 1.90. The van der Waals surface area contributed by atoms with Gasteiger partial charge >= 0.3 is 24.0 Å². The molecule has 0 saturated carbocycles. The smallest absolute Gasteiger partial charge is 0.331 e. The minimum atomic E-state index is -0.717. The minimum absolute atomic E-state index is 0.00316. The zero-order valence-electron chi connectivity index (χ0n) is 15.7. The van der Waals surface area contributed by atoms with E-state index in [0.717, 1.165) is 12.2 Å². The van der Waals surface area contributed by atoms with Crippen molar-refractivity contribution in [2.24, 2.45) is 0 Å². The molecular weight excluding hydrogens is 344 g/mol. The number of hydrogen-bond donors (Lipinski definition) is 2. The average Bonchev–Trinajstić information content (AvgIpc) is 2.60. The van der Waals surface area contributed by atoms with Gasteiger partial charge in [0.1, 0.15) is 13.2 Å². The number of nitrogens with zero attached hydrogens (tertiary/aromatic N) is 2. The fourth-order valence-electron chi connectivity index (χ4n) is 1.57. The number of esters is 2. The van der Waals surface area contributed by atoms with E-state index in [1.165, 1.54) is 9.80 Å². The van der Waals surface area contributed by atoms with Crippen LogP contribution >= 0.6 is 0 Å². The number of urea groups is 2. The summed E-state index contributed by atoms with van der Waals surface area (Å²) >= 11 is 0. The highest BCUT2D eigenvalue weighted by Gasteiger charge is 2.09. The van der Waals surface area contributed by atoms with Crippen molar-refractivity contribution in [3.8, 4) is 0 Å². The van der Waals surface area contributed by atoms with E-state index >= 15 is 0 Å². The van der Waals surface area contributed by atoms with Crippen LogP contribution in [0.1, 0.15) is 13.8 Å². The van der Waals surface area contributed by atoms with Crippen molar-refractivity contribution in [2.75, 3.05) is 53.5 Å². The zero-order valence-corrected chi connectivity index (χ0v) is 15.7. The number of hydrogen-bond acceptors (Lipinski definition) is 6. The van der Waals surface area contributed by atoms with Crippen molar-refractivity contribution >= 4 is 24.0 Å². The van der Waals surface area contributed by atoms with E-state index in [1.807, 2.05) is 0 Å². The number of carbonyl (C=O) groups is 4. The normalized spacial score (nSPS) is 10.2. The van der Waals surface area contributed by atoms with Crippen LogP contribution in [-0.2, 0) is 19.1 Å². The van der Waals surface area contributed by atoms with Gasteiger partial charge in [-0.1, -0.05) is 0 Å². The van der Waals surface area contributed by atoms with Gasteiger partial charge in [-0.25, -0.2) is 19.2 Å². The molecule has 0 fully saturated rings. The fraction of sp³-hybridized carbons (Fsp3) is 0.625. The molecule has 2 N–H and O–H groups in total. The maximum absolute atomic E-state index is 11.5. The van der Waals surface area contributed by atoms with Crippen LogP contribution in [0.3, 0.4) is 0 Å². The molecule has 4 amide bonds. The predicted molar refractivity (Wildman–Crippen MR) is 94.5 cm³/mol. The maximum atomic E-state index is 11.5. The monoisotopic (exact) mass is 372 g/mol. The van der Waals surface area contributed by atoms with Crippen molar-refractivity contribution in [1.82, 2.24) is 20.4 Å². The van der Waals surface area contributed by atoms with Gasteiger partial charge in [0.05, 0.1) is 13.1 Å². The molecule has 0 unspecified atom stereocenters. The summed E-state index contributed by atoms with van der Waals surface area (Å²) in [5.41, 5.74) is 0. The van der Waals surface area contributed by atoms with Gasteiger partial charge in [0.15, 0.2) is 0 Å². The fourth-order valence-corrected chi connectivity index (χ4v) is 1.57. The SMILES string of the molecule is CCNC(=O)N(C)CCOC(=O)/C=C/C(=O)OCCN(C)C(=O)NCC. The van der Waals surface area contributed by atoms with Gasteiger partial charge in [0, 0.05) is 39.3 Å². The Morgan fingerprint density at radius 3 is 1.42 bits per heavy atom. The number of likely N-dealkylation sites (N-methyl/N-ethyl adjacent to an activating group) is 2. The third-order valence-electron chi connectivity index (χ3n) is 3.05.